The van der Waals surface area contributed by atoms with Crippen LogP contribution in [0.2, 0.25) is 0 Å². The Bertz CT molecular complexity index is 191. The van der Waals surface area contributed by atoms with E-state index in [-0.39, 0.29) is 5.97 Å². The van der Waals surface area contributed by atoms with E-state index in [0.717, 1.165) is 0 Å². The van der Waals surface area contributed by atoms with E-state index in [4.69, 9.17) is 9.47 Å². The minimum Gasteiger partial charge on any atom is -0.457 e. The van der Waals surface area contributed by atoms with Crippen molar-refractivity contribution in [3.05, 3.63) is 0 Å². The van der Waals surface area contributed by atoms with E-state index < -0.39 is 11.3 Å². The summed E-state index contributed by atoms with van der Waals surface area (Å²) in [6, 6.07) is 0. The van der Waals surface area contributed by atoms with E-state index in [1.165, 1.54) is 0 Å². The van der Waals surface area contributed by atoms with Gasteiger partial charge < -0.3 is 9.47 Å². The molecule has 70 valence electrons. The Kier molecular flexibility index (Phi) is 2.14. The summed E-state index contributed by atoms with van der Waals surface area (Å²) in [6.45, 7) is 5.89. The highest BCUT2D eigenvalue weighted by atomic mass is 16.7. The summed E-state index contributed by atoms with van der Waals surface area (Å²) < 4.78 is 10.1. The fourth-order valence-electron chi connectivity index (χ4n) is 0.797. The molecule has 12 heavy (non-hydrogen) atoms. The lowest BCUT2D eigenvalue weighted by atomic mass is 10.2. The van der Waals surface area contributed by atoms with Crippen LogP contribution in [-0.4, -0.2) is 30.9 Å². The lowest BCUT2D eigenvalue weighted by molar-refractivity contribution is -0.162. The first-order valence-corrected chi connectivity index (χ1v) is 3.96. The van der Waals surface area contributed by atoms with Crippen LogP contribution in [0.1, 0.15) is 20.8 Å². The van der Waals surface area contributed by atoms with Crippen LogP contribution in [0.15, 0.2) is 0 Å². The maximum absolute atomic E-state index is 11.4. The molecule has 0 radical (unpaired) electrons. The van der Waals surface area contributed by atoms with Gasteiger partial charge in [-0.15, -0.1) is 0 Å². The van der Waals surface area contributed by atoms with Gasteiger partial charge in [-0.3, -0.25) is 5.32 Å². The summed E-state index contributed by atoms with van der Waals surface area (Å²) in [5, 5.41) is 2.78. The lowest BCUT2D eigenvalue weighted by Gasteiger charge is -2.21. The van der Waals surface area contributed by atoms with Crippen molar-refractivity contribution in [1.29, 1.82) is 0 Å². The van der Waals surface area contributed by atoms with Crippen LogP contribution < -0.4 is 5.32 Å². The number of carbonyl (C=O) groups excluding carboxylic acids is 1. The average molecular weight is 173 g/mol. The number of likely N-dealkylation sites (N-methyl/N-ethyl adjacent to an activating group) is 1. The molecule has 0 saturated carbocycles. The van der Waals surface area contributed by atoms with Gasteiger partial charge in [-0.25, -0.2) is 4.79 Å². The van der Waals surface area contributed by atoms with Gasteiger partial charge in [-0.2, -0.15) is 0 Å². The third kappa shape index (κ3) is 1.95. The molecule has 1 saturated heterocycles. The molecule has 1 aliphatic rings. The quantitative estimate of drug-likeness (QED) is 0.481. The van der Waals surface area contributed by atoms with Gasteiger partial charge in [0.05, 0.1) is 0 Å². The molecule has 1 rings (SSSR count). The number of epoxide rings is 1. The highest BCUT2D eigenvalue weighted by molar-refractivity contribution is 5.82. The Morgan fingerprint density at radius 3 is 2.33 bits per heavy atom. The zero-order chi connectivity index (χ0) is 9.41. The largest absolute Gasteiger partial charge is 0.457 e. The number of hydrogen-bond acceptors (Lipinski definition) is 4. The van der Waals surface area contributed by atoms with Gasteiger partial charge in [-0.1, -0.05) is 0 Å². The molecular weight excluding hydrogens is 158 g/mol. The standard InChI is InChI=1S/C8H15NO3/c1-7(2,3)12-6(10)8(9-4)5-11-8/h9H,5H2,1-4H3. The molecule has 1 aliphatic heterocycles. The van der Waals surface area contributed by atoms with Crippen molar-refractivity contribution in [3.63, 3.8) is 0 Å². The summed E-state index contributed by atoms with van der Waals surface area (Å²) in [4.78, 5) is 11.4. The van der Waals surface area contributed by atoms with E-state index >= 15 is 0 Å². The topological polar surface area (TPSA) is 50.9 Å². The van der Waals surface area contributed by atoms with Crippen LogP contribution in [0, 0.1) is 0 Å². The van der Waals surface area contributed by atoms with E-state index in [2.05, 4.69) is 5.32 Å². The number of ether oxygens (including phenoxy) is 2. The van der Waals surface area contributed by atoms with Gasteiger partial charge in [0.15, 0.2) is 0 Å². The van der Waals surface area contributed by atoms with Crippen LogP contribution in [0.4, 0.5) is 0 Å². The highest BCUT2D eigenvalue weighted by Crippen LogP contribution is 2.26. The van der Waals surface area contributed by atoms with Crippen molar-refractivity contribution >= 4 is 5.97 Å². The molecule has 0 aliphatic carbocycles. The molecule has 0 aromatic carbocycles. The van der Waals surface area contributed by atoms with E-state index in [9.17, 15) is 4.79 Å². The van der Waals surface area contributed by atoms with E-state index in [1.54, 1.807) is 7.05 Å². The smallest absolute Gasteiger partial charge is 0.356 e. The third-order valence-electron chi connectivity index (χ3n) is 1.57. The predicted molar refractivity (Wildman–Crippen MR) is 43.6 cm³/mol. The molecule has 0 aromatic heterocycles. The molecule has 0 amide bonds. The first-order chi connectivity index (χ1) is 5.40. The van der Waals surface area contributed by atoms with Gasteiger partial charge in [0.1, 0.15) is 12.2 Å². The Balaban J connectivity index is 2.49. The molecule has 1 atom stereocenters. The maximum atomic E-state index is 11.4. The number of rotatable bonds is 2. The molecule has 0 aromatic rings. The Labute approximate surface area is 72.2 Å². The first kappa shape index (κ1) is 9.48. The molecule has 0 bridgehead atoms. The Morgan fingerprint density at radius 1 is 1.58 bits per heavy atom. The zero-order valence-corrected chi connectivity index (χ0v) is 7.93. The second-order valence-electron chi connectivity index (χ2n) is 3.87. The summed E-state index contributed by atoms with van der Waals surface area (Å²) in [7, 11) is 1.68. The Hall–Kier alpha value is -0.610. The van der Waals surface area contributed by atoms with Crippen molar-refractivity contribution in [3.8, 4) is 0 Å². The molecule has 1 N–H and O–H groups in total. The second kappa shape index (κ2) is 2.71. The minimum absolute atomic E-state index is 0.336. The normalized spacial score (nSPS) is 28.3. The van der Waals surface area contributed by atoms with Gasteiger partial charge in [0.25, 0.3) is 0 Å². The fraction of sp³-hybridized carbons (Fsp3) is 0.875. The van der Waals surface area contributed by atoms with Crippen molar-refractivity contribution in [2.24, 2.45) is 0 Å². The van der Waals surface area contributed by atoms with Crippen molar-refractivity contribution in [1.82, 2.24) is 5.32 Å². The number of carbonyl (C=O) groups is 1. The Morgan fingerprint density at radius 2 is 2.08 bits per heavy atom. The predicted octanol–water partition coefficient (Wildman–Crippen LogP) is 0.274. The fourth-order valence-corrected chi connectivity index (χ4v) is 0.797. The molecule has 1 fully saturated rings. The first-order valence-electron chi connectivity index (χ1n) is 3.96. The summed E-state index contributed by atoms with van der Waals surface area (Å²) in [5.41, 5.74) is -1.31. The van der Waals surface area contributed by atoms with Crippen LogP contribution in [0.3, 0.4) is 0 Å². The summed E-state index contributed by atoms with van der Waals surface area (Å²) in [5.74, 6) is -0.336. The van der Waals surface area contributed by atoms with Crippen LogP contribution in [0.5, 0.6) is 0 Å². The van der Waals surface area contributed by atoms with Gasteiger partial charge in [0.2, 0.25) is 5.72 Å². The second-order valence-corrected chi connectivity index (χ2v) is 3.87. The van der Waals surface area contributed by atoms with Crippen LogP contribution >= 0.6 is 0 Å². The van der Waals surface area contributed by atoms with Gasteiger partial charge in [-0.05, 0) is 27.8 Å². The lowest BCUT2D eigenvalue weighted by Crippen LogP contribution is -2.42. The van der Waals surface area contributed by atoms with E-state index in [1.807, 2.05) is 20.8 Å². The molecule has 1 heterocycles. The summed E-state index contributed by atoms with van der Waals surface area (Å²) in [6.07, 6.45) is 0. The van der Waals surface area contributed by atoms with Crippen LogP contribution in [-0.2, 0) is 14.3 Å². The molecule has 4 heteroatoms. The molecule has 1 unspecified atom stereocenters. The van der Waals surface area contributed by atoms with Gasteiger partial charge in [0, 0.05) is 0 Å². The maximum Gasteiger partial charge on any atom is 0.356 e. The van der Waals surface area contributed by atoms with Crippen molar-refractivity contribution in [2.45, 2.75) is 32.1 Å². The number of hydrogen-bond donors (Lipinski definition) is 1. The van der Waals surface area contributed by atoms with Crippen molar-refractivity contribution in [2.75, 3.05) is 13.7 Å². The number of nitrogens with one attached hydrogen (secondary N) is 1. The minimum atomic E-state index is -0.854. The molecule has 4 nitrogen and oxygen atoms in total. The number of esters is 1. The highest BCUT2D eigenvalue weighted by Gasteiger charge is 2.53. The van der Waals surface area contributed by atoms with Crippen molar-refractivity contribution < 1.29 is 14.3 Å². The van der Waals surface area contributed by atoms with Gasteiger partial charge >= 0.3 is 5.97 Å². The third-order valence-corrected chi connectivity index (χ3v) is 1.57. The SMILES string of the molecule is CNC1(C(=O)OC(C)(C)C)CO1. The zero-order valence-electron chi connectivity index (χ0n) is 7.93. The average Bonchev–Trinajstić information content (AvgIpc) is 2.62. The monoisotopic (exact) mass is 173 g/mol. The summed E-state index contributed by atoms with van der Waals surface area (Å²) >= 11 is 0. The molecule has 0 spiro atoms. The van der Waals surface area contributed by atoms with Crippen LogP contribution in [0.25, 0.3) is 0 Å². The van der Waals surface area contributed by atoms with E-state index in [0.29, 0.717) is 6.61 Å². The molecular formula is C8H15NO3.